The van der Waals surface area contributed by atoms with Crippen LogP contribution in [0.1, 0.15) is 31.0 Å². The second kappa shape index (κ2) is 5.42. The lowest BCUT2D eigenvalue weighted by Crippen LogP contribution is -2.28. The number of carbonyl (C=O) groups excluding carboxylic acids is 1. The molecule has 116 valence electrons. The number of sulfone groups is 1. The summed E-state index contributed by atoms with van der Waals surface area (Å²) in [6.45, 7) is 2.43. The number of anilines is 1. The van der Waals surface area contributed by atoms with Crippen LogP contribution in [0.15, 0.2) is 6.07 Å². The fourth-order valence-electron chi connectivity index (χ4n) is 2.85. The standard InChI is InChI=1S/C13H19N3O4S/c1-9-7-12(14-13(17)11-3-2-5-20-11)16(15-9)10-4-6-21(18,19)8-10/h7,10-11H,2-6,8H2,1H3,(H,14,17)/t10-,11+/m0/s1. The summed E-state index contributed by atoms with van der Waals surface area (Å²) < 4.78 is 30.2. The third-order valence-electron chi connectivity index (χ3n) is 3.89. The van der Waals surface area contributed by atoms with Gasteiger partial charge in [0.1, 0.15) is 11.9 Å². The Labute approximate surface area is 123 Å². The van der Waals surface area contributed by atoms with E-state index < -0.39 is 15.9 Å². The van der Waals surface area contributed by atoms with Gasteiger partial charge in [-0.15, -0.1) is 0 Å². The van der Waals surface area contributed by atoms with Crippen LogP contribution in [0, 0.1) is 6.92 Å². The maximum atomic E-state index is 12.1. The molecule has 1 amide bonds. The average Bonchev–Trinajstić information content (AvgIpc) is 3.09. The minimum atomic E-state index is -2.99. The van der Waals surface area contributed by atoms with Crippen molar-refractivity contribution in [2.75, 3.05) is 23.4 Å². The Morgan fingerprint density at radius 3 is 2.90 bits per heavy atom. The van der Waals surface area contributed by atoms with Gasteiger partial charge >= 0.3 is 0 Å². The van der Waals surface area contributed by atoms with E-state index in [1.807, 2.05) is 6.92 Å². The van der Waals surface area contributed by atoms with Gasteiger partial charge in [-0.3, -0.25) is 4.79 Å². The maximum absolute atomic E-state index is 12.1. The second-order valence-electron chi connectivity index (χ2n) is 5.66. The summed E-state index contributed by atoms with van der Waals surface area (Å²) in [4.78, 5) is 12.1. The Bertz CT molecular complexity index is 646. The van der Waals surface area contributed by atoms with Gasteiger partial charge in [-0.25, -0.2) is 13.1 Å². The molecule has 3 rings (SSSR count). The maximum Gasteiger partial charge on any atom is 0.254 e. The number of hydrogen-bond acceptors (Lipinski definition) is 5. The van der Waals surface area contributed by atoms with Crippen LogP contribution < -0.4 is 5.32 Å². The zero-order valence-electron chi connectivity index (χ0n) is 11.9. The largest absolute Gasteiger partial charge is 0.368 e. The molecule has 2 atom stereocenters. The molecule has 0 radical (unpaired) electrons. The van der Waals surface area contributed by atoms with Crippen molar-refractivity contribution in [3.05, 3.63) is 11.8 Å². The van der Waals surface area contributed by atoms with E-state index in [-0.39, 0.29) is 23.5 Å². The van der Waals surface area contributed by atoms with Gasteiger partial charge in [0.15, 0.2) is 9.84 Å². The van der Waals surface area contributed by atoms with Crippen LogP contribution >= 0.6 is 0 Å². The van der Waals surface area contributed by atoms with Crippen LogP contribution in [0.3, 0.4) is 0 Å². The zero-order valence-corrected chi connectivity index (χ0v) is 12.7. The predicted molar refractivity (Wildman–Crippen MR) is 76.9 cm³/mol. The normalized spacial score (nSPS) is 27.9. The lowest BCUT2D eigenvalue weighted by Gasteiger charge is -2.15. The summed E-state index contributed by atoms with van der Waals surface area (Å²) in [6, 6.07) is 1.56. The minimum Gasteiger partial charge on any atom is -0.368 e. The first-order valence-corrected chi connectivity index (χ1v) is 8.96. The molecule has 2 aliphatic heterocycles. The Hall–Kier alpha value is -1.41. The number of carbonyl (C=O) groups is 1. The molecule has 8 heteroatoms. The quantitative estimate of drug-likeness (QED) is 0.885. The molecule has 0 bridgehead atoms. The fourth-order valence-corrected chi connectivity index (χ4v) is 4.54. The molecule has 0 spiro atoms. The van der Waals surface area contributed by atoms with E-state index in [4.69, 9.17) is 4.74 Å². The van der Waals surface area contributed by atoms with Crippen molar-refractivity contribution in [2.24, 2.45) is 0 Å². The van der Waals surface area contributed by atoms with Crippen molar-refractivity contribution in [1.82, 2.24) is 9.78 Å². The van der Waals surface area contributed by atoms with Crippen LogP contribution in [-0.2, 0) is 19.4 Å². The first-order valence-electron chi connectivity index (χ1n) is 7.14. The summed E-state index contributed by atoms with van der Waals surface area (Å²) in [5.74, 6) is 0.622. The molecule has 2 fully saturated rings. The highest BCUT2D eigenvalue weighted by molar-refractivity contribution is 7.91. The molecule has 2 saturated heterocycles. The molecule has 7 nitrogen and oxygen atoms in total. The van der Waals surface area contributed by atoms with Crippen LogP contribution in [0.4, 0.5) is 5.82 Å². The fraction of sp³-hybridized carbons (Fsp3) is 0.692. The van der Waals surface area contributed by atoms with E-state index in [1.165, 1.54) is 0 Å². The first kappa shape index (κ1) is 14.5. The van der Waals surface area contributed by atoms with Crippen molar-refractivity contribution in [3.63, 3.8) is 0 Å². The molecular weight excluding hydrogens is 294 g/mol. The summed E-state index contributed by atoms with van der Waals surface area (Å²) in [7, 11) is -2.99. The average molecular weight is 313 g/mol. The smallest absolute Gasteiger partial charge is 0.254 e. The number of amides is 1. The summed E-state index contributed by atoms with van der Waals surface area (Å²) >= 11 is 0. The van der Waals surface area contributed by atoms with Crippen LogP contribution in [-0.4, -0.2) is 48.3 Å². The van der Waals surface area contributed by atoms with Crippen LogP contribution in [0.2, 0.25) is 0 Å². The van der Waals surface area contributed by atoms with Gasteiger partial charge in [0.25, 0.3) is 5.91 Å². The number of hydrogen-bond donors (Lipinski definition) is 1. The molecule has 1 aromatic rings. The van der Waals surface area contributed by atoms with Gasteiger partial charge in [-0.2, -0.15) is 5.10 Å². The Balaban J connectivity index is 1.78. The Morgan fingerprint density at radius 1 is 1.48 bits per heavy atom. The number of aromatic nitrogens is 2. The van der Waals surface area contributed by atoms with Crippen molar-refractivity contribution in [2.45, 2.75) is 38.3 Å². The van der Waals surface area contributed by atoms with E-state index in [9.17, 15) is 13.2 Å². The van der Waals surface area contributed by atoms with Crippen molar-refractivity contribution in [3.8, 4) is 0 Å². The number of nitrogens with one attached hydrogen (secondary N) is 1. The van der Waals surface area contributed by atoms with E-state index >= 15 is 0 Å². The van der Waals surface area contributed by atoms with Crippen molar-refractivity contribution in [1.29, 1.82) is 0 Å². The molecule has 1 aromatic heterocycles. The van der Waals surface area contributed by atoms with Gasteiger partial charge in [-0.05, 0) is 26.2 Å². The SMILES string of the molecule is Cc1cc(NC(=O)[C@H]2CCCO2)n([C@H]2CCS(=O)(=O)C2)n1. The lowest BCUT2D eigenvalue weighted by atomic mass is 10.2. The van der Waals surface area contributed by atoms with Crippen molar-refractivity contribution < 1.29 is 17.9 Å². The van der Waals surface area contributed by atoms with Crippen LogP contribution in [0.5, 0.6) is 0 Å². The third kappa shape index (κ3) is 3.11. The molecular formula is C13H19N3O4S. The highest BCUT2D eigenvalue weighted by Gasteiger charge is 2.32. The van der Waals surface area contributed by atoms with Crippen molar-refractivity contribution >= 4 is 21.6 Å². The van der Waals surface area contributed by atoms with Gasteiger partial charge in [-0.1, -0.05) is 0 Å². The molecule has 2 aliphatic rings. The van der Waals surface area contributed by atoms with Gasteiger partial charge in [0, 0.05) is 12.7 Å². The van der Waals surface area contributed by atoms with Gasteiger partial charge in [0.05, 0.1) is 23.2 Å². The summed E-state index contributed by atoms with van der Waals surface area (Å²) in [5.41, 5.74) is 0.752. The summed E-state index contributed by atoms with van der Waals surface area (Å²) in [6.07, 6.45) is 1.72. The number of nitrogens with zero attached hydrogens (tertiary/aromatic N) is 2. The molecule has 21 heavy (non-hydrogen) atoms. The summed E-state index contributed by atoms with van der Waals surface area (Å²) in [5, 5.41) is 7.15. The number of aryl methyl sites for hydroxylation is 1. The highest BCUT2D eigenvalue weighted by Crippen LogP contribution is 2.27. The lowest BCUT2D eigenvalue weighted by molar-refractivity contribution is -0.124. The number of rotatable bonds is 3. The molecule has 0 saturated carbocycles. The number of ether oxygens (including phenoxy) is 1. The minimum absolute atomic E-state index is 0.0803. The third-order valence-corrected chi connectivity index (χ3v) is 5.64. The first-order chi connectivity index (χ1) is 9.94. The predicted octanol–water partition coefficient (Wildman–Crippen LogP) is 0.669. The van der Waals surface area contributed by atoms with Gasteiger partial charge < -0.3 is 10.1 Å². The highest BCUT2D eigenvalue weighted by atomic mass is 32.2. The molecule has 0 aliphatic carbocycles. The topological polar surface area (TPSA) is 90.3 Å². The molecule has 0 unspecified atom stereocenters. The monoisotopic (exact) mass is 313 g/mol. The van der Waals surface area contributed by atoms with E-state index in [0.717, 1.165) is 18.5 Å². The second-order valence-corrected chi connectivity index (χ2v) is 7.89. The molecule has 1 N–H and O–H groups in total. The Kier molecular flexibility index (Phi) is 3.75. The molecule has 3 heterocycles. The van der Waals surface area contributed by atoms with Crippen LogP contribution in [0.25, 0.3) is 0 Å². The van der Waals surface area contributed by atoms with E-state index in [1.54, 1.807) is 10.7 Å². The van der Waals surface area contributed by atoms with Gasteiger partial charge in [0.2, 0.25) is 0 Å². The zero-order chi connectivity index (χ0) is 15.0. The van der Waals surface area contributed by atoms with E-state index in [2.05, 4.69) is 10.4 Å². The Morgan fingerprint density at radius 2 is 2.29 bits per heavy atom. The molecule has 0 aromatic carbocycles. The van der Waals surface area contributed by atoms with E-state index in [0.29, 0.717) is 18.8 Å².